The van der Waals surface area contributed by atoms with E-state index in [0.717, 1.165) is 0 Å². The molecule has 30 heavy (non-hydrogen) atoms. The lowest BCUT2D eigenvalue weighted by atomic mass is 10.5. The van der Waals surface area contributed by atoms with Crippen LogP contribution >= 0.6 is 23.2 Å². The van der Waals surface area contributed by atoms with Gasteiger partial charge in [0.2, 0.25) is 0 Å². The lowest BCUT2D eigenvalue weighted by Crippen LogP contribution is -2.24. The number of aromatic amines is 2. The fourth-order valence-electron chi connectivity index (χ4n) is 1.08. The van der Waals surface area contributed by atoms with Crippen LogP contribution in [-0.2, 0) is 19.2 Å². The van der Waals surface area contributed by atoms with Crippen LogP contribution in [0.25, 0.3) is 0 Å². The molecule has 0 aliphatic carbocycles. The highest BCUT2D eigenvalue weighted by Gasteiger charge is 1.93. The first-order valence-corrected chi connectivity index (χ1v) is 8.27. The minimum absolute atomic E-state index is 0.620. The third-order valence-electron chi connectivity index (χ3n) is 2.19. The number of carboxylic acid groups (broad SMARTS) is 4. The summed E-state index contributed by atoms with van der Waals surface area (Å²) >= 11 is 11.0. The zero-order valence-corrected chi connectivity index (χ0v) is 16.6. The van der Waals surface area contributed by atoms with Gasteiger partial charge in [0, 0.05) is 12.1 Å². The molecule has 2 heterocycles. The Balaban J connectivity index is 0. The van der Waals surface area contributed by atoms with E-state index >= 15 is 0 Å². The number of halogens is 2. The van der Waals surface area contributed by atoms with Crippen LogP contribution in [0, 0.1) is 0 Å². The summed E-state index contributed by atoms with van der Waals surface area (Å²) in [7, 11) is 0. The van der Waals surface area contributed by atoms with E-state index in [1.807, 2.05) is 0 Å². The van der Waals surface area contributed by atoms with Crippen LogP contribution in [0.2, 0.25) is 10.0 Å². The van der Waals surface area contributed by atoms with E-state index in [4.69, 9.17) is 44.9 Å². The summed E-state index contributed by atoms with van der Waals surface area (Å²) in [6.07, 6.45) is 1.44. The number of H-pyrrole nitrogens is 2. The van der Waals surface area contributed by atoms with Gasteiger partial charge in [-0.05, 0) is 12.1 Å². The molecule has 164 valence electrons. The second-order valence-corrected chi connectivity index (χ2v) is 5.68. The summed E-state index contributed by atoms with van der Waals surface area (Å²) in [6.45, 7) is 0. The van der Waals surface area contributed by atoms with Gasteiger partial charge in [-0.15, -0.1) is 0 Å². The first-order chi connectivity index (χ1) is 13.8. The van der Waals surface area contributed by atoms with E-state index in [1.165, 1.54) is 0 Å². The van der Waals surface area contributed by atoms with Crippen LogP contribution in [0.3, 0.4) is 0 Å². The summed E-state index contributed by atoms with van der Waals surface area (Å²) in [5, 5.41) is 35.3. The maximum atomic E-state index is 9.39. The second-order valence-electron chi connectivity index (χ2n) is 4.81. The van der Waals surface area contributed by atoms with E-state index in [-0.39, 0.29) is 0 Å². The number of nitrogen functional groups attached to an aromatic ring is 2. The second kappa shape index (κ2) is 16.3. The molecule has 0 atom stereocenters. The van der Waals surface area contributed by atoms with Crippen LogP contribution in [-0.4, -0.2) is 34.1 Å². The van der Waals surface area contributed by atoms with Crippen molar-refractivity contribution in [1.82, 2.24) is 0 Å². The monoisotopic (exact) mass is 464 g/mol. The SMILES string of the molecule is Nc1ccc(Cl)c[nH+]1.Nc1ccc(Cl)c[nH+]1.O=C([O-])CC(=O)O.O=C([O-])CC(=O)O. The highest BCUT2D eigenvalue weighted by molar-refractivity contribution is 6.30. The van der Waals surface area contributed by atoms with E-state index in [0.29, 0.717) is 21.7 Å². The van der Waals surface area contributed by atoms with E-state index in [1.54, 1.807) is 36.7 Å². The molecule has 8 N–H and O–H groups in total. The van der Waals surface area contributed by atoms with Crippen molar-refractivity contribution in [3.05, 3.63) is 46.7 Å². The van der Waals surface area contributed by atoms with Crippen LogP contribution in [0.15, 0.2) is 36.7 Å². The summed E-state index contributed by atoms with van der Waals surface area (Å²) in [5.41, 5.74) is 10.6. The number of hydrogen-bond donors (Lipinski definition) is 4. The Morgan fingerprint density at radius 3 is 1.17 bits per heavy atom. The molecule has 0 aliphatic rings. The average Bonchev–Trinajstić information content (AvgIpc) is 2.59. The van der Waals surface area contributed by atoms with E-state index < -0.39 is 36.7 Å². The minimum atomic E-state index is -1.56. The topological polar surface area (TPSA) is 235 Å². The van der Waals surface area contributed by atoms with Gasteiger partial charge in [-0.2, -0.15) is 0 Å². The van der Waals surface area contributed by atoms with Crippen molar-refractivity contribution in [2.45, 2.75) is 12.8 Å². The molecule has 0 bridgehead atoms. The van der Waals surface area contributed by atoms with Gasteiger partial charge >= 0.3 is 11.9 Å². The zero-order valence-electron chi connectivity index (χ0n) is 15.1. The van der Waals surface area contributed by atoms with Gasteiger partial charge in [0.05, 0.1) is 34.8 Å². The first kappa shape index (κ1) is 28.6. The molecule has 0 radical (unpaired) electrons. The van der Waals surface area contributed by atoms with Gasteiger partial charge in [0.1, 0.15) is 12.4 Å². The van der Waals surface area contributed by atoms with Crippen LogP contribution in [0.1, 0.15) is 12.8 Å². The Kier molecular flexibility index (Phi) is 15.5. The van der Waals surface area contributed by atoms with Crippen molar-refractivity contribution in [2.75, 3.05) is 11.5 Å². The number of aliphatic carboxylic acids is 4. The Morgan fingerprint density at radius 1 is 0.767 bits per heavy atom. The standard InChI is InChI=1S/2C5H5ClN2.2C3H4O4/c2*6-4-1-2-5(7)8-3-4;2*4-2(5)1-3(6)7/h2*1-3H,(H2,7,8);2*1H2,(H,4,5)(H,6,7). The van der Waals surface area contributed by atoms with Crippen molar-refractivity contribution in [3.63, 3.8) is 0 Å². The van der Waals surface area contributed by atoms with E-state index in [2.05, 4.69) is 9.97 Å². The lowest BCUT2D eigenvalue weighted by Gasteiger charge is -1.91. The number of anilines is 2. The van der Waals surface area contributed by atoms with E-state index in [9.17, 15) is 29.4 Å². The fourth-order valence-corrected chi connectivity index (χ4v) is 1.32. The molecule has 0 unspecified atom stereocenters. The normalized spacial score (nSPS) is 8.60. The number of rotatable bonds is 4. The molecule has 0 fully saturated rings. The molecule has 2 aromatic heterocycles. The number of pyridine rings is 2. The highest BCUT2D eigenvalue weighted by atomic mass is 35.5. The molecule has 0 spiro atoms. The number of nitrogens with two attached hydrogens (primary N) is 2. The van der Waals surface area contributed by atoms with Crippen LogP contribution in [0.5, 0.6) is 0 Å². The summed E-state index contributed by atoms with van der Waals surface area (Å²) < 4.78 is 0. The number of aromatic nitrogens is 2. The number of carbonyl (C=O) groups is 4. The molecule has 2 rings (SSSR count). The third-order valence-corrected chi connectivity index (χ3v) is 2.66. The summed E-state index contributed by atoms with van der Waals surface area (Å²) in [4.78, 5) is 42.9. The van der Waals surface area contributed by atoms with Gasteiger partial charge in [0.15, 0.2) is 0 Å². The minimum Gasteiger partial charge on any atom is -0.550 e. The number of carbonyl (C=O) groups excluding carboxylic acids is 2. The van der Waals surface area contributed by atoms with Crippen molar-refractivity contribution in [2.24, 2.45) is 0 Å². The number of hydrogen-bond acceptors (Lipinski definition) is 8. The quantitative estimate of drug-likeness (QED) is 0.359. The lowest BCUT2D eigenvalue weighted by molar-refractivity contribution is -0.360. The molecule has 0 saturated heterocycles. The van der Waals surface area contributed by atoms with Gasteiger partial charge in [-0.1, -0.05) is 23.2 Å². The van der Waals surface area contributed by atoms with Gasteiger partial charge in [0.25, 0.3) is 11.6 Å². The molecule has 0 amide bonds. The maximum absolute atomic E-state index is 9.39. The summed E-state index contributed by atoms with van der Waals surface area (Å²) in [6, 6.07) is 6.88. The smallest absolute Gasteiger partial charge is 0.309 e. The molecular weight excluding hydrogens is 447 g/mol. The Hall–Kier alpha value is -3.64. The first-order valence-electron chi connectivity index (χ1n) is 7.52. The molecule has 0 aromatic carbocycles. The fraction of sp³-hybridized carbons (Fsp3) is 0.125. The van der Waals surface area contributed by atoms with Gasteiger partial charge < -0.3 is 30.0 Å². The molecule has 0 aliphatic heterocycles. The molecule has 0 saturated carbocycles. The average molecular weight is 465 g/mol. The summed E-state index contributed by atoms with van der Waals surface area (Å²) in [5.74, 6) is -4.64. The van der Waals surface area contributed by atoms with Crippen molar-refractivity contribution in [3.8, 4) is 0 Å². The Labute approximate surface area is 179 Å². The van der Waals surface area contributed by atoms with Gasteiger partial charge in [-0.3, -0.25) is 21.1 Å². The van der Waals surface area contributed by atoms with Crippen LogP contribution < -0.4 is 31.6 Å². The Bertz CT molecular complexity index is 681. The van der Waals surface area contributed by atoms with Gasteiger partial charge in [-0.25, -0.2) is 9.97 Å². The predicted octanol–water partition coefficient (Wildman–Crippen LogP) is -2.11. The van der Waals surface area contributed by atoms with Crippen LogP contribution in [0.4, 0.5) is 11.6 Å². The van der Waals surface area contributed by atoms with Crippen molar-refractivity contribution < 1.29 is 49.6 Å². The van der Waals surface area contributed by atoms with Crippen molar-refractivity contribution in [1.29, 1.82) is 0 Å². The highest BCUT2D eigenvalue weighted by Crippen LogP contribution is 2.03. The number of carboxylic acids is 4. The molecule has 12 nitrogen and oxygen atoms in total. The predicted molar refractivity (Wildman–Crippen MR) is 99.4 cm³/mol. The Morgan fingerprint density at radius 2 is 1.07 bits per heavy atom. The molecule has 14 heteroatoms. The number of nitrogens with one attached hydrogen (secondary N) is 2. The zero-order chi connectivity index (χ0) is 23.7. The largest absolute Gasteiger partial charge is 0.550 e. The molecule has 2 aromatic rings. The maximum Gasteiger partial charge on any atom is 0.309 e. The third kappa shape index (κ3) is 22.4. The van der Waals surface area contributed by atoms with Crippen molar-refractivity contribution >= 4 is 58.7 Å². The molecular formula is C16H18Cl2N4O8.